The van der Waals surface area contributed by atoms with Crippen LogP contribution in [0, 0.1) is 11.3 Å². The van der Waals surface area contributed by atoms with Crippen LogP contribution in [-0.2, 0) is 6.42 Å². The Labute approximate surface area is 73.6 Å². The highest BCUT2D eigenvalue weighted by atomic mass is 14.3. The van der Waals surface area contributed by atoms with Gasteiger partial charge < -0.3 is 0 Å². The zero-order valence-corrected chi connectivity index (χ0v) is 7.54. The molecule has 0 saturated carbocycles. The number of aryl methyl sites for hydroxylation is 1. The molecule has 0 radical (unpaired) electrons. The molecule has 0 aliphatic heterocycles. The van der Waals surface area contributed by atoms with E-state index in [0.29, 0.717) is 0 Å². The summed E-state index contributed by atoms with van der Waals surface area (Å²) < 4.78 is 0. The molecule has 12 heavy (non-hydrogen) atoms. The van der Waals surface area contributed by atoms with Crippen LogP contribution >= 0.6 is 0 Å². The van der Waals surface area contributed by atoms with E-state index >= 15 is 0 Å². The van der Waals surface area contributed by atoms with Crippen LogP contribution in [0.1, 0.15) is 30.9 Å². The lowest BCUT2D eigenvalue weighted by Gasteiger charge is -2.07. The Morgan fingerprint density at radius 2 is 2.08 bits per heavy atom. The Hall–Kier alpha value is -1.29. The van der Waals surface area contributed by atoms with Crippen LogP contribution in [-0.4, -0.2) is 0 Å². The average Bonchev–Trinajstić information content (AvgIpc) is 2.16. The molecule has 0 heterocycles. The van der Waals surface area contributed by atoms with Gasteiger partial charge in [-0.1, -0.05) is 31.2 Å². The lowest BCUT2D eigenvalue weighted by molar-refractivity contribution is 0.941. The highest BCUT2D eigenvalue weighted by molar-refractivity contribution is 5.32. The van der Waals surface area contributed by atoms with Gasteiger partial charge in [0.2, 0.25) is 0 Å². The first kappa shape index (κ1) is 8.80. The lowest BCUT2D eigenvalue weighted by Crippen LogP contribution is -1.95. The van der Waals surface area contributed by atoms with Gasteiger partial charge in [0.05, 0.1) is 12.0 Å². The molecular weight excluding hydrogens is 146 g/mol. The topological polar surface area (TPSA) is 23.8 Å². The van der Waals surface area contributed by atoms with Gasteiger partial charge in [-0.3, -0.25) is 0 Å². The van der Waals surface area contributed by atoms with Crippen LogP contribution in [0.4, 0.5) is 0 Å². The van der Waals surface area contributed by atoms with E-state index in [1.165, 1.54) is 11.1 Å². The SMILES string of the molecule is CCc1ccccc1C(C)C#N. The van der Waals surface area contributed by atoms with Gasteiger partial charge in [0, 0.05) is 0 Å². The number of hydrogen-bond donors (Lipinski definition) is 0. The summed E-state index contributed by atoms with van der Waals surface area (Å²) in [4.78, 5) is 0. The van der Waals surface area contributed by atoms with E-state index in [9.17, 15) is 0 Å². The smallest absolute Gasteiger partial charge is 0.0701 e. The molecule has 0 spiro atoms. The predicted octanol–water partition coefficient (Wildman–Crippen LogP) is 2.88. The summed E-state index contributed by atoms with van der Waals surface area (Å²) in [6.07, 6.45) is 1.00. The molecule has 1 atom stereocenters. The molecule has 1 aromatic carbocycles. The second-order valence-electron chi connectivity index (χ2n) is 2.90. The summed E-state index contributed by atoms with van der Waals surface area (Å²) in [6, 6.07) is 10.4. The maximum Gasteiger partial charge on any atom is 0.0701 e. The van der Waals surface area contributed by atoms with E-state index < -0.39 is 0 Å². The van der Waals surface area contributed by atoms with Crippen molar-refractivity contribution in [2.24, 2.45) is 0 Å². The first-order valence-electron chi connectivity index (χ1n) is 4.27. The quantitative estimate of drug-likeness (QED) is 0.651. The fourth-order valence-corrected chi connectivity index (χ4v) is 1.35. The Morgan fingerprint density at radius 3 is 2.67 bits per heavy atom. The van der Waals surface area contributed by atoms with Crippen molar-refractivity contribution in [3.05, 3.63) is 35.4 Å². The van der Waals surface area contributed by atoms with Crippen molar-refractivity contribution in [1.29, 1.82) is 5.26 Å². The van der Waals surface area contributed by atoms with Gasteiger partial charge in [-0.2, -0.15) is 5.26 Å². The first-order chi connectivity index (χ1) is 5.79. The van der Waals surface area contributed by atoms with Crippen molar-refractivity contribution in [1.82, 2.24) is 0 Å². The van der Waals surface area contributed by atoms with Crippen molar-refractivity contribution >= 4 is 0 Å². The van der Waals surface area contributed by atoms with Gasteiger partial charge in [-0.25, -0.2) is 0 Å². The largest absolute Gasteiger partial charge is 0.198 e. The van der Waals surface area contributed by atoms with E-state index in [1.54, 1.807) is 0 Å². The minimum Gasteiger partial charge on any atom is -0.198 e. The van der Waals surface area contributed by atoms with E-state index in [1.807, 2.05) is 25.1 Å². The molecule has 0 fully saturated rings. The zero-order valence-electron chi connectivity index (χ0n) is 7.54. The summed E-state index contributed by atoms with van der Waals surface area (Å²) in [6.45, 7) is 4.05. The molecule has 1 unspecified atom stereocenters. The summed E-state index contributed by atoms with van der Waals surface area (Å²) in [5.41, 5.74) is 2.45. The van der Waals surface area contributed by atoms with Crippen LogP contribution in [0.2, 0.25) is 0 Å². The number of nitriles is 1. The summed E-state index contributed by atoms with van der Waals surface area (Å²) in [5.74, 6) is 0.0150. The first-order valence-corrected chi connectivity index (χ1v) is 4.27. The highest BCUT2D eigenvalue weighted by Gasteiger charge is 2.06. The third-order valence-electron chi connectivity index (χ3n) is 2.10. The van der Waals surface area contributed by atoms with Crippen LogP contribution in [0.3, 0.4) is 0 Å². The van der Waals surface area contributed by atoms with Crippen molar-refractivity contribution in [3.63, 3.8) is 0 Å². The maximum absolute atomic E-state index is 8.76. The molecule has 0 saturated heterocycles. The Kier molecular flexibility index (Phi) is 2.88. The molecule has 1 aromatic rings. The molecule has 1 rings (SSSR count). The van der Waals surface area contributed by atoms with Gasteiger partial charge in [-0.15, -0.1) is 0 Å². The number of hydrogen-bond acceptors (Lipinski definition) is 1. The second kappa shape index (κ2) is 3.92. The fourth-order valence-electron chi connectivity index (χ4n) is 1.35. The number of nitrogens with zero attached hydrogens (tertiary/aromatic N) is 1. The monoisotopic (exact) mass is 159 g/mol. The molecule has 1 nitrogen and oxygen atoms in total. The highest BCUT2D eigenvalue weighted by Crippen LogP contribution is 2.18. The second-order valence-corrected chi connectivity index (χ2v) is 2.90. The van der Waals surface area contributed by atoms with Gasteiger partial charge >= 0.3 is 0 Å². The van der Waals surface area contributed by atoms with E-state index in [4.69, 9.17) is 5.26 Å². The molecule has 0 bridgehead atoms. The fraction of sp³-hybridized carbons (Fsp3) is 0.364. The molecule has 0 aromatic heterocycles. The summed E-state index contributed by atoms with van der Waals surface area (Å²) in [7, 11) is 0. The Balaban J connectivity index is 3.06. The maximum atomic E-state index is 8.76. The average molecular weight is 159 g/mol. The van der Waals surface area contributed by atoms with Crippen LogP contribution in [0.5, 0.6) is 0 Å². The van der Waals surface area contributed by atoms with Crippen molar-refractivity contribution < 1.29 is 0 Å². The van der Waals surface area contributed by atoms with Crippen LogP contribution in [0.25, 0.3) is 0 Å². The third-order valence-corrected chi connectivity index (χ3v) is 2.10. The van der Waals surface area contributed by atoms with Crippen molar-refractivity contribution in [2.45, 2.75) is 26.2 Å². The lowest BCUT2D eigenvalue weighted by atomic mass is 9.96. The zero-order chi connectivity index (χ0) is 8.97. The predicted molar refractivity (Wildman–Crippen MR) is 49.8 cm³/mol. The van der Waals surface area contributed by atoms with E-state index in [0.717, 1.165) is 6.42 Å². The standard InChI is InChI=1S/C11H13N/c1-3-10-6-4-5-7-11(10)9(2)8-12/h4-7,9H,3H2,1-2H3. The normalized spacial score (nSPS) is 12.1. The Bertz CT molecular complexity index is 296. The molecule has 0 N–H and O–H groups in total. The van der Waals surface area contributed by atoms with Crippen LogP contribution < -0.4 is 0 Å². The number of benzene rings is 1. The number of rotatable bonds is 2. The van der Waals surface area contributed by atoms with Crippen LogP contribution in [0.15, 0.2) is 24.3 Å². The van der Waals surface area contributed by atoms with E-state index in [-0.39, 0.29) is 5.92 Å². The molecule has 0 aliphatic rings. The molecule has 62 valence electrons. The Morgan fingerprint density at radius 1 is 1.42 bits per heavy atom. The molecule has 0 aliphatic carbocycles. The van der Waals surface area contributed by atoms with Gasteiger partial charge in [-0.05, 0) is 24.5 Å². The van der Waals surface area contributed by atoms with Crippen molar-refractivity contribution in [2.75, 3.05) is 0 Å². The molecule has 1 heteroatoms. The minimum absolute atomic E-state index is 0.0150. The molecule has 0 amide bonds. The van der Waals surface area contributed by atoms with Gasteiger partial charge in [0.25, 0.3) is 0 Å². The van der Waals surface area contributed by atoms with Crippen molar-refractivity contribution in [3.8, 4) is 6.07 Å². The van der Waals surface area contributed by atoms with Gasteiger partial charge in [0.15, 0.2) is 0 Å². The summed E-state index contributed by atoms with van der Waals surface area (Å²) in [5, 5.41) is 8.76. The minimum atomic E-state index is 0.0150. The third kappa shape index (κ3) is 1.65. The van der Waals surface area contributed by atoms with E-state index in [2.05, 4.69) is 19.1 Å². The molecular formula is C11H13N. The van der Waals surface area contributed by atoms with Gasteiger partial charge in [0.1, 0.15) is 0 Å². The summed E-state index contributed by atoms with van der Waals surface area (Å²) >= 11 is 0.